The number of benzene rings is 1. The van der Waals surface area contributed by atoms with E-state index in [1.807, 2.05) is 30.3 Å². The van der Waals surface area contributed by atoms with Gasteiger partial charge in [0.05, 0.1) is 6.20 Å². The third-order valence-corrected chi connectivity index (χ3v) is 5.30. The molecule has 1 aliphatic heterocycles. The second-order valence-corrected chi connectivity index (χ2v) is 7.56. The highest BCUT2D eigenvalue weighted by Gasteiger charge is 2.23. The van der Waals surface area contributed by atoms with E-state index in [9.17, 15) is 9.59 Å². The van der Waals surface area contributed by atoms with Gasteiger partial charge in [0.1, 0.15) is 5.69 Å². The number of nitrogens with zero attached hydrogens (tertiary/aromatic N) is 5. The first kappa shape index (κ1) is 21.4. The Bertz CT molecular complexity index is 1030. The topological polar surface area (TPSA) is 126 Å². The molecule has 0 saturated carbocycles. The Morgan fingerprint density at radius 2 is 2.03 bits per heavy atom. The molecule has 10 nitrogen and oxygen atoms in total. The van der Waals surface area contributed by atoms with Gasteiger partial charge in [-0.15, -0.1) is 0 Å². The summed E-state index contributed by atoms with van der Waals surface area (Å²) in [5.74, 6) is 0.758. The average Bonchev–Trinajstić information content (AvgIpc) is 3.30. The maximum atomic E-state index is 12.8. The number of hydrogen-bond acceptors (Lipinski definition) is 7. The van der Waals surface area contributed by atoms with Crippen LogP contribution in [-0.4, -0.2) is 56.6 Å². The van der Waals surface area contributed by atoms with E-state index in [0.717, 1.165) is 18.5 Å². The van der Waals surface area contributed by atoms with Gasteiger partial charge in [-0.1, -0.05) is 23.4 Å². The normalized spacial score (nSPS) is 17.8. The first-order valence-electron chi connectivity index (χ1n) is 10.7. The zero-order chi connectivity index (χ0) is 22.2. The van der Waals surface area contributed by atoms with Crippen molar-refractivity contribution in [3.05, 3.63) is 54.8 Å². The van der Waals surface area contributed by atoms with Crippen LogP contribution in [0.1, 0.15) is 37.5 Å². The third kappa shape index (κ3) is 5.65. The molecule has 0 radical (unpaired) electrons. The van der Waals surface area contributed by atoms with E-state index in [4.69, 9.17) is 4.52 Å². The number of carbonyl (C=O) groups excluding carboxylic acids is 2. The van der Waals surface area contributed by atoms with Gasteiger partial charge in [0.2, 0.25) is 17.6 Å². The molecule has 10 heteroatoms. The van der Waals surface area contributed by atoms with E-state index in [-0.39, 0.29) is 24.3 Å². The van der Waals surface area contributed by atoms with Crippen molar-refractivity contribution in [3.63, 3.8) is 0 Å². The minimum atomic E-state index is -0.220. The smallest absolute Gasteiger partial charge is 0.321 e. The molecular weight excluding hydrogens is 410 g/mol. The Hall–Kier alpha value is -3.82. The van der Waals surface area contributed by atoms with E-state index < -0.39 is 0 Å². The molecule has 1 aliphatic rings. The van der Waals surface area contributed by atoms with Crippen molar-refractivity contribution in [2.24, 2.45) is 0 Å². The molecule has 1 aromatic carbocycles. The average molecular weight is 435 g/mol. The number of para-hydroxylation sites is 1. The molecule has 0 spiro atoms. The van der Waals surface area contributed by atoms with Gasteiger partial charge in [-0.3, -0.25) is 9.78 Å². The van der Waals surface area contributed by atoms with Crippen LogP contribution in [0.5, 0.6) is 0 Å². The third-order valence-electron chi connectivity index (χ3n) is 5.30. The highest BCUT2D eigenvalue weighted by molar-refractivity contribution is 5.89. The molecule has 3 amide bonds. The summed E-state index contributed by atoms with van der Waals surface area (Å²) in [4.78, 5) is 39.4. The van der Waals surface area contributed by atoms with Crippen molar-refractivity contribution in [1.82, 2.24) is 30.3 Å². The Kier molecular flexibility index (Phi) is 7.01. The number of rotatable bonds is 3. The van der Waals surface area contributed by atoms with E-state index in [0.29, 0.717) is 43.5 Å². The lowest BCUT2D eigenvalue weighted by molar-refractivity contribution is -0.121. The zero-order valence-electron chi connectivity index (χ0n) is 17.6. The molecule has 1 unspecified atom stereocenters. The van der Waals surface area contributed by atoms with Gasteiger partial charge in [0.15, 0.2) is 0 Å². The molecule has 32 heavy (non-hydrogen) atoms. The van der Waals surface area contributed by atoms with Gasteiger partial charge in [0, 0.05) is 50.1 Å². The summed E-state index contributed by atoms with van der Waals surface area (Å²) in [5.41, 5.74) is 1.26. The molecule has 4 rings (SSSR count). The lowest BCUT2D eigenvalue weighted by Gasteiger charge is -2.23. The lowest BCUT2D eigenvalue weighted by atomic mass is 9.99. The van der Waals surface area contributed by atoms with Crippen LogP contribution in [0, 0.1) is 0 Å². The molecule has 0 bridgehead atoms. The summed E-state index contributed by atoms with van der Waals surface area (Å²) in [5, 5.41) is 9.84. The predicted molar refractivity (Wildman–Crippen MR) is 117 cm³/mol. The maximum absolute atomic E-state index is 12.8. The van der Waals surface area contributed by atoms with Crippen molar-refractivity contribution in [1.29, 1.82) is 0 Å². The van der Waals surface area contributed by atoms with E-state index >= 15 is 0 Å². The highest BCUT2D eigenvalue weighted by atomic mass is 16.5. The second kappa shape index (κ2) is 10.5. The largest absolute Gasteiger partial charge is 0.356 e. The summed E-state index contributed by atoms with van der Waals surface area (Å²) in [6.45, 7) is 1.38. The zero-order valence-corrected chi connectivity index (χ0v) is 17.6. The standard InChI is InChI=1S/C22H25N7O3/c30-19-9-14-29(22(31)26-17-6-2-1-3-7-17)13-4-5-16(8-10-25-19)21-27-20(28-32-21)18-15-23-11-12-24-18/h1-3,6-7,11-12,15-16H,4-5,8-10,13-14H2,(H,25,30)(H,26,31). The highest BCUT2D eigenvalue weighted by Crippen LogP contribution is 2.26. The lowest BCUT2D eigenvalue weighted by Crippen LogP contribution is -2.38. The molecule has 2 N–H and O–H groups in total. The maximum Gasteiger partial charge on any atom is 0.321 e. The number of nitrogens with one attached hydrogen (secondary N) is 2. The van der Waals surface area contributed by atoms with Crippen LogP contribution < -0.4 is 10.6 Å². The molecule has 3 heterocycles. The van der Waals surface area contributed by atoms with Crippen molar-refractivity contribution in [3.8, 4) is 11.5 Å². The number of anilines is 1. The first-order valence-corrected chi connectivity index (χ1v) is 10.7. The van der Waals surface area contributed by atoms with Crippen molar-refractivity contribution in [2.45, 2.75) is 31.6 Å². The number of hydrogen-bond donors (Lipinski definition) is 2. The Balaban J connectivity index is 1.43. The van der Waals surface area contributed by atoms with Gasteiger partial charge in [-0.2, -0.15) is 4.98 Å². The molecule has 166 valence electrons. The van der Waals surface area contributed by atoms with Crippen LogP contribution in [0.3, 0.4) is 0 Å². The van der Waals surface area contributed by atoms with Crippen LogP contribution in [0.25, 0.3) is 11.5 Å². The second-order valence-electron chi connectivity index (χ2n) is 7.56. The first-order chi connectivity index (χ1) is 15.7. The van der Waals surface area contributed by atoms with E-state index in [1.54, 1.807) is 23.5 Å². The summed E-state index contributed by atoms with van der Waals surface area (Å²) in [6.07, 6.45) is 7.14. The fraction of sp³-hybridized carbons (Fsp3) is 0.364. The monoisotopic (exact) mass is 435 g/mol. The number of amides is 3. The van der Waals surface area contributed by atoms with Gasteiger partial charge in [-0.05, 0) is 31.4 Å². The van der Waals surface area contributed by atoms with E-state index in [2.05, 4.69) is 30.7 Å². The van der Waals surface area contributed by atoms with Crippen molar-refractivity contribution < 1.29 is 14.1 Å². The molecule has 3 aromatic rings. The van der Waals surface area contributed by atoms with Gasteiger partial charge in [-0.25, -0.2) is 9.78 Å². The fourth-order valence-electron chi connectivity index (χ4n) is 3.59. The van der Waals surface area contributed by atoms with Crippen molar-refractivity contribution in [2.75, 3.05) is 25.0 Å². The minimum absolute atomic E-state index is 0.0367. The summed E-state index contributed by atoms with van der Waals surface area (Å²) in [6, 6.07) is 9.05. The Labute approximate surface area is 185 Å². The van der Waals surface area contributed by atoms with Crippen molar-refractivity contribution >= 4 is 17.6 Å². The molecule has 0 aliphatic carbocycles. The molecule has 2 aromatic heterocycles. The molecule has 1 saturated heterocycles. The SMILES string of the molecule is O=C1CCN(C(=O)Nc2ccccc2)CCCC(c2nc(-c3cnccn3)no2)CCN1. The van der Waals surface area contributed by atoms with Gasteiger partial charge in [0.25, 0.3) is 0 Å². The van der Waals surface area contributed by atoms with E-state index in [1.165, 1.54) is 0 Å². The number of aromatic nitrogens is 4. The molecular formula is C22H25N7O3. The van der Waals surface area contributed by atoms with Crippen LogP contribution in [0.15, 0.2) is 53.4 Å². The number of carbonyl (C=O) groups is 2. The van der Waals surface area contributed by atoms with Gasteiger partial charge < -0.3 is 20.1 Å². The Morgan fingerprint density at radius 1 is 1.16 bits per heavy atom. The van der Waals surface area contributed by atoms with Crippen LogP contribution in [-0.2, 0) is 4.79 Å². The fourth-order valence-corrected chi connectivity index (χ4v) is 3.59. The summed E-state index contributed by atoms with van der Waals surface area (Å²) >= 11 is 0. The van der Waals surface area contributed by atoms with Crippen LogP contribution in [0.4, 0.5) is 10.5 Å². The quantitative estimate of drug-likeness (QED) is 0.648. The Morgan fingerprint density at radius 3 is 2.84 bits per heavy atom. The number of urea groups is 1. The van der Waals surface area contributed by atoms with Gasteiger partial charge >= 0.3 is 6.03 Å². The molecule has 1 fully saturated rings. The minimum Gasteiger partial charge on any atom is -0.356 e. The van der Waals surface area contributed by atoms with Crippen LogP contribution in [0.2, 0.25) is 0 Å². The predicted octanol–water partition coefficient (Wildman–Crippen LogP) is 2.83. The summed E-state index contributed by atoms with van der Waals surface area (Å²) in [7, 11) is 0. The molecule has 1 atom stereocenters. The summed E-state index contributed by atoms with van der Waals surface area (Å²) < 4.78 is 5.50. The van der Waals surface area contributed by atoms with Crippen LogP contribution >= 0.6 is 0 Å².